The Hall–Kier alpha value is -2.28. The second kappa shape index (κ2) is 6.68. The highest BCUT2D eigenvalue weighted by Gasteiger charge is 2.18. The molecule has 126 valence electrons. The number of halogens is 1. The van der Waals surface area contributed by atoms with Crippen LogP contribution in [-0.2, 0) is 16.1 Å². The van der Waals surface area contributed by atoms with Crippen molar-refractivity contribution in [1.82, 2.24) is 14.6 Å². The second-order valence-corrected chi connectivity index (χ2v) is 6.91. The Labute approximate surface area is 143 Å². The first-order valence-corrected chi connectivity index (χ1v) is 8.49. The topological polar surface area (TPSA) is 56.5 Å². The lowest BCUT2D eigenvalue weighted by Crippen LogP contribution is -2.11. The number of benzene rings is 1. The van der Waals surface area contributed by atoms with Gasteiger partial charge in [-0.2, -0.15) is 5.10 Å². The number of nitrogens with zero attached hydrogens (tertiary/aromatic N) is 3. The molecule has 0 aliphatic carbocycles. The molecule has 0 spiro atoms. The molecule has 3 rings (SSSR count). The summed E-state index contributed by atoms with van der Waals surface area (Å²) >= 11 is 1.49. The van der Waals surface area contributed by atoms with Crippen LogP contribution in [0.2, 0.25) is 0 Å². The van der Waals surface area contributed by atoms with E-state index in [0.717, 1.165) is 21.4 Å². The molecule has 2 heterocycles. The molecule has 1 aromatic carbocycles. The van der Waals surface area contributed by atoms with Crippen molar-refractivity contribution < 1.29 is 13.9 Å². The highest BCUT2D eigenvalue weighted by atomic mass is 32.1. The van der Waals surface area contributed by atoms with E-state index in [9.17, 15) is 9.18 Å². The molecule has 3 aromatic rings. The largest absolute Gasteiger partial charge is 0.459 e. The molecule has 0 N–H and O–H groups in total. The summed E-state index contributed by atoms with van der Waals surface area (Å²) in [5.74, 6) is -0.914. The molecule has 0 saturated heterocycles. The average molecular weight is 347 g/mol. The fraction of sp³-hybridized carbons (Fsp3) is 0.353. The van der Waals surface area contributed by atoms with Gasteiger partial charge in [0, 0.05) is 0 Å². The second-order valence-electron chi connectivity index (χ2n) is 5.75. The lowest BCUT2D eigenvalue weighted by atomic mass is 9.97. The number of aromatic nitrogens is 3. The van der Waals surface area contributed by atoms with Crippen LogP contribution in [0, 0.1) is 19.7 Å². The lowest BCUT2D eigenvalue weighted by molar-refractivity contribution is -0.145. The van der Waals surface area contributed by atoms with Gasteiger partial charge in [-0.25, -0.2) is 13.9 Å². The lowest BCUT2D eigenvalue weighted by Gasteiger charge is -2.12. The predicted molar refractivity (Wildman–Crippen MR) is 89.6 cm³/mol. The van der Waals surface area contributed by atoms with Gasteiger partial charge in [-0.3, -0.25) is 4.79 Å². The SMILES string of the molecule is Cc1nn2c(COC(=O)C[C@H](C)c3ccccc3F)c(C)nc2s1. The minimum Gasteiger partial charge on any atom is -0.459 e. The molecular formula is C17H18FN3O2S. The number of esters is 1. The van der Waals surface area contributed by atoms with Crippen LogP contribution in [0.5, 0.6) is 0 Å². The van der Waals surface area contributed by atoms with Gasteiger partial charge >= 0.3 is 5.97 Å². The number of hydrogen-bond acceptors (Lipinski definition) is 5. The van der Waals surface area contributed by atoms with Crippen molar-refractivity contribution >= 4 is 22.3 Å². The fourth-order valence-electron chi connectivity index (χ4n) is 2.59. The van der Waals surface area contributed by atoms with E-state index in [4.69, 9.17) is 4.74 Å². The standard InChI is InChI=1S/C17H18FN3O2S/c1-10(13-6-4-5-7-14(13)18)8-16(22)23-9-15-11(2)19-17-21(15)20-12(3)24-17/h4-7,10H,8-9H2,1-3H3/t10-/m0/s1. The van der Waals surface area contributed by atoms with Crippen LogP contribution in [0.3, 0.4) is 0 Å². The van der Waals surface area contributed by atoms with Gasteiger partial charge in [0.25, 0.3) is 0 Å². The number of ether oxygens (including phenoxy) is 1. The normalized spacial score (nSPS) is 12.5. The number of fused-ring (bicyclic) bond motifs is 1. The van der Waals surface area contributed by atoms with Crippen LogP contribution >= 0.6 is 11.3 Å². The van der Waals surface area contributed by atoms with Crippen molar-refractivity contribution in [2.45, 2.75) is 39.7 Å². The Morgan fingerprint density at radius 3 is 2.88 bits per heavy atom. The molecule has 0 amide bonds. The average Bonchev–Trinajstić information content (AvgIpc) is 3.00. The highest BCUT2D eigenvalue weighted by molar-refractivity contribution is 7.16. The molecule has 5 nitrogen and oxygen atoms in total. The zero-order valence-corrected chi connectivity index (χ0v) is 14.6. The van der Waals surface area contributed by atoms with Gasteiger partial charge in [-0.1, -0.05) is 36.5 Å². The molecule has 1 atom stereocenters. The molecule has 0 aliphatic rings. The summed E-state index contributed by atoms with van der Waals surface area (Å²) in [6.07, 6.45) is 0.123. The van der Waals surface area contributed by atoms with E-state index in [1.807, 2.05) is 20.8 Å². The first kappa shape index (κ1) is 16.6. The molecule has 24 heavy (non-hydrogen) atoms. The number of carbonyl (C=O) groups excluding carboxylic acids is 1. The van der Waals surface area contributed by atoms with E-state index < -0.39 is 0 Å². The molecule has 7 heteroatoms. The van der Waals surface area contributed by atoms with E-state index in [2.05, 4.69) is 10.1 Å². The van der Waals surface area contributed by atoms with Crippen LogP contribution < -0.4 is 0 Å². The van der Waals surface area contributed by atoms with E-state index in [0.29, 0.717) is 5.56 Å². The van der Waals surface area contributed by atoms with E-state index in [-0.39, 0.29) is 30.7 Å². The van der Waals surface area contributed by atoms with Crippen LogP contribution in [-0.4, -0.2) is 20.6 Å². The molecule has 0 bridgehead atoms. The number of hydrogen-bond donors (Lipinski definition) is 0. The summed E-state index contributed by atoms with van der Waals surface area (Å²) in [5.41, 5.74) is 2.08. The van der Waals surface area contributed by atoms with Gasteiger partial charge in [0.05, 0.1) is 12.1 Å². The molecule has 0 aliphatic heterocycles. The zero-order valence-electron chi connectivity index (χ0n) is 13.7. The van der Waals surface area contributed by atoms with E-state index >= 15 is 0 Å². The summed E-state index contributed by atoms with van der Waals surface area (Å²) in [6, 6.07) is 6.48. The molecule has 2 aromatic heterocycles. The molecule has 0 saturated carbocycles. The van der Waals surface area contributed by atoms with Crippen molar-refractivity contribution in [3.63, 3.8) is 0 Å². The van der Waals surface area contributed by atoms with Crippen molar-refractivity contribution in [2.75, 3.05) is 0 Å². The Balaban J connectivity index is 1.65. The van der Waals surface area contributed by atoms with Gasteiger partial charge in [0.1, 0.15) is 23.1 Å². The third-order valence-electron chi connectivity index (χ3n) is 3.88. The number of carbonyl (C=O) groups is 1. The van der Waals surface area contributed by atoms with E-state index in [1.54, 1.807) is 22.7 Å². The predicted octanol–water partition coefficient (Wildman–Crippen LogP) is 3.78. The van der Waals surface area contributed by atoms with Gasteiger partial charge < -0.3 is 4.74 Å². The van der Waals surface area contributed by atoms with Crippen molar-refractivity contribution in [3.05, 3.63) is 52.0 Å². The van der Waals surface area contributed by atoms with Gasteiger partial charge in [-0.15, -0.1) is 0 Å². The summed E-state index contributed by atoms with van der Waals surface area (Å²) < 4.78 is 20.8. The first-order chi connectivity index (χ1) is 11.5. The summed E-state index contributed by atoms with van der Waals surface area (Å²) in [5, 5.41) is 5.26. The third kappa shape index (κ3) is 3.31. The summed E-state index contributed by atoms with van der Waals surface area (Å²) in [6.45, 7) is 5.69. The number of aryl methyl sites for hydroxylation is 2. The van der Waals surface area contributed by atoms with Gasteiger partial charge in [0.2, 0.25) is 4.96 Å². The van der Waals surface area contributed by atoms with Gasteiger partial charge in [0.15, 0.2) is 0 Å². The number of rotatable bonds is 5. The Kier molecular flexibility index (Phi) is 4.62. The monoisotopic (exact) mass is 347 g/mol. The van der Waals surface area contributed by atoms with Crippen molar-refractivity contribution in [2.24, 2.45) is 0 Å². The van der Waals surface area contributed by atoms with Crippen LogP contribution in [0.15, 0.2) is 24.3 Å². The maximum atomic E-state index is 13.8. The maximum absolute atomic E-state index is 13.8. The van der Waals surface area contributed by atoms with Crippen LogP contribution in [0.4, 0.5) is 4.39 Å². The van der Waals surface area contributed by atoms with Crippen LogP contribution in [0.25, 0.3) is 4.96 Å². The fourth-order valence-corrected chi connectivity index (χ4v) is 3.40. The Morgan fingerprint density at radius 1 is 1.38 bits per heavy atom. The smallest absolute Gasteiger partial charge is 0.306 e. The Morgan fingerprint density at radius 2 is 2.12 bits per heavy atom. The highest BCUT2D eigenvalue weighted by Crippen LogP contribution is 2.23. The third-order valence-corrected chi connectivity index (χ3v) is 4.70. The zero-order chi connectivity index (χ0) is 17.3. The quantitative estimate of drug-likeness (QED) is 0.659. The van der Waals surface area contributed by atoms with E-state index in [1.165, 1.54) is 17.4 Å². The Bertz CT molecular complexity index is 887. The number of imidazole rings is 1. The first-order valence-electron chi connectivity index (χ1n) is 7.67. The summed E-state index contributed by atoms with van der Waals surface area (Å²) in [7, 11) is 0. The molecular weight excluding hydrogens is 329 g/mol. The minimum atomic E-state index is -0.368. The maximum Gasteiger partial charge on any atom is 0.306 e. The van der Waals surface area contributed by atoms with Crippen LogP contribution in [0.1, 0.15) is 41.2 Å². The summed E-state index contributed by atoms with van der Waals surface area (Å²) in [4.78, 5) is 17.3. The minimum absolute atomic E-state index is 0.110. The molecule has 0 radical (unpaired) electrons. The van der Waals surface area contributed by atoms with Gasteiger partial charge in [-0.05, 0) is 31.4 Å². The molecule has 0 fully saturated rings. The van der Waals surface area contributed by atoms with Crippen molar-refractivity contribution in [1.29, 1.82) is 0 Å². The molecule has 0 unspecified atom stereocenters. The van der Waals surface area contributed by atoms with Crippen molar-refractivity contribution in [3.8, 4) is 0 Å².